The van der Waals surface area contributed by atoms with Crippen LogP contribution in [-0.4, -0.2) is 34.0 Å². The Morgan fingerprint density at radius 3 is 2.71 bits per heavy atom. The fraction of sp³-hybridized carbons (Fsp3) is 0.833. The lowest BCUT2D eigenvalue weighted by Crippen LogP contribution is -2.41. The molecule has 3 atom stereocenters. The smallest absolute Gasteiger partial charge is 0.303 e. The molecule has 5 heteroatoms. The zero-order valence-corrected chi connectivity index (χ0v) is 11.3. The van der Waals surface area contributed by atoms with Gasteiger partial charge in [0.05, 0.1) is 0 Å². The molecule has 0 aromatic rings. The van der Waals surface area contributed by atoms with E-state index in [-0.39, 0.29) is 18.4 Å². The highest BCUT2D eigenvalue weighted by Gasteiger charge is 2.33. The molecule has 0 saturated carbocycles. The van der Waals surface area contributed by atoms with Gasteiger partial charge >= 0.3 is 5.97 Å². The Kier molecular flexibility index (Phi) is 5.82. The third-order valence-electron chi connectivity index (χ3n) is 3.09. The van der Waals surface area contributed by atoms with Crippen molar-refractivity contribution in [1.29, 1.82) is 0 Å². The van der Waals surface area contributed by atoms with Crippen molar-refractivity contribution in [1.82, 2.24) is 5.32 Å². The second-order valence-corrected chi connectivity index (χ2v) is 5.99. The van der Waals surface area contributed by atoms with Gasteiger partial charge in [-0.1, -0.05) is 13.3 Å². The summed E-state index contributed by atoms with van der Waals surface area (Å²) < 4.78 is 0. The maximum absolute atomic E-state index is 11.1. The van der Waals surface area contributed by atoms with Crippen LogP contribution in [0.3, 0.4) is 0 Å². The van der Waals surface area contributed by atoms with E-state index in [1.54, 1.807) is 6.92 Å². The van der Waals surface area contributed by atoms with Crippen LogP contribution in [0.4, 0.5) is 0 Å². The van der Waals surface area contributed by atoms with Gasteiger partial charge in [-0.05, 0) is 24.5 Å². The van der Waals surface area contributed by atoms with Gasteiger partial charge in [-0.3, -0.25) is 9.59 Å². The quantitative estimate of drug-likeness (QED) is 0.715. The lowest BCUT2D eigenvalue weighted by molar-refractivity contribution is -0.137. The Balaban J connectivity index is 2.31. The van der Waals surface area contributed by atoms with Crippen molar-refractivity contribution < 1.29 is 14.7 Å². The first-order valence-electron chi connectivity index (χ1n) is 6.11. The van der Waals surface area contributed by atoms with Gasteiger partial charge in [0.25, 0.3) is 0 Å². The molecule has 4 nitrogen and oxygen atoms in total. The van der Waals surface area contributed by atoms with Crippen LogP contribution in [0.25, 0.3) is 0 Å². The van der Waals surface area contributed by atoms with Crippen molar-refractivity contribution in [3.63, 3.8) is 0 Å². The predicted octanol–water partition coefficient (Wildman–Crippen LogP) is 1.89. The van der Waals surface area contributed by atoms with E-state index in [4.69, 9.17) is 5.11 Å². The average Bonchev–Trinajstić information content (AvgIpc) is 2.55. The van der Waals surface area contributed by atoms with E-state index in [0.717, 1.165) is 25.0 Å². The normalized spacial score (nSPS) is 28.0. The van der Waals surface area contributed by atoms with Gasteiger partial charge in [0.15, 0.2) is 0 Å². The summed E-state index contributed by atoms with van der Waals surface area (Å²) in [6.45, 7) is 3.71. The van der Waals surface area contributed by atoms with Crippen LogP contribution in [0.15, 0.2) is 0 Å². The number of unbranched alkanes of at least 4 members (excludes halogenated alkanes) is 1. The monoisotopic (exact) mass is 259 g/mol. The van der Waals surface area contributed by atoms with Crippen LogP contribution in [0, 0.1) is 5.92 Å². The van der Waals surface area contributed by atoms with Crippen LogP contribution >= 0.6 is 11.8 Å². The number of thioether (sulfide) groups is 1. The summed E-state index contributed by atoms with van der Waals surface area (Å²) in [7, 11) is 0. The van der Waals surface area contributed by atoms with E-state index in [1.165, 1.54) is 0 Å². The lowest BCUT2D eigenvalue weighted by Gasteiger charge is -2.22. The van der Waals surface area contributed by atoms with Crippen LogP contribution in [-0.2, 0) is 9.59 Å². The van der Waals surface area contributed by atoms with Crippen molar-refractivity contribution in [3.05, 3.63) is 0 Å². The summed E-state index contributed by atoms with van der Waals surface area (Å²) in [5, 5.41) is 12.0. The number of carbonyl (C=O) groups excluding carboxylic acids is 1. The van der Waals surface area contributed by atoms with E-state index >= 15 is 0 Å². The number of carboxylic acids is 1. The van der Waals surface area contributed by atoms with Gasteiger partial charge in [0, 0.05) is 24.6 Å². The van der Waals surface area contributed by atoms with Crippen LogP contribution in [0.2, 0.25) is 0 Å². The first kappa shape index (κ1) is 14.4. The topological polar surface area (TPSA) is 66.4 Å². The summed E-state index contributed by atoms with van der Waals surface area (Å²) in [5.74, 6) is 0.887. The van der Waals surface area contributed by atoms with Gasteiger partial charge in [0.2, 0.25) is 5.91 Å². The highest BCUT2D eigenvalue weighted by atomic mass is 32.2. The number of amides is 1. The molecule has 1 aliphatic rings. The van der Waals surface area contributed by atoms with E-state index in [0.29, 0.717) is 11.2 Å². The predicted molar refractivity (Wildman–Crippen MR) is 69.1 cm³/mol. The number of rotatable bonds is 6. The standard InChI is InChI=1S/C12H21NO3S/c1-8-7-17-10(12(8)13-9(2)14)5-3-4-6-11(15)16/h8,10,12H,3-7H2,1-2H3,(H,13,14)(H,15,16)/t8-,10-,12-/m0/s1. The van der Waals surface area contributed by atoms with E-state index in [9.17, 15) is 9.59 Å². The summed E-state index contributed by atoms with van der Waals surface area (Å²) in [5.41, 5.74) is 0. The van der Waals surface area contributed by atoms with Gasteiger partial charge in [-0.15, -0.1) is 0 Å². The third-order valence-corrected chi connectivity index (χ3v) is 4.76. The minimum absolute atomic E-state index is 0.0277. The molecule has 17 heavy (non-hydrogen) atoms. The zero-order valence-electron chi connectivity index (χ0n) is 10.4. The molecule has 0 bridgehead atoms. The van der Waals surface area contributed by atoms with Crippen LogP contribution in [0.5, 0.6) is 0 Å². The number of hydrogen-bond acceptors (Lipinski definition) is 3. The van der Waals surface area contributed by atoms with Gasteiger partial charge in [0.1, 0.15) is 0 Å². The molecule has 0 radical (unpaired) electrons. The van der Waals surface area contributed by atoms with Crippen molar-refractivity contribution >= 4 is 23.6 Å². The van der Waals surface area contributed by atoms with Crippen molar-refractivity contribution in [2.75, 3.05) is 5.75 Å². The second kappa shape index (κ2) is 6.89. The van der Waals surface area contributed by atoms with E-state index in [2.05, 4.69) is 12.2 Å². The minimum Gasteiger partial charge on any atom is -0.481 e. The highest BCUT2D eigenvalue weighted by molar-refractivity contribution is 8.00. The molecule has 2 N–H and O–H groups in total. The van der Waals surface area contributed by atoms with E-state index < -0.39 is 5.97 Å². The second-order valence-electron chi connectivity index (χ2n) is 4.71. The van der Waals surface area contributed by atoms with Crippen LogP contribution in [0.1, 0.15) is 39.5 Å². The molecule has 1 heterocycles. The van der Waals surface area contributed by atoms with Crippen molar-refractivity contribution in [3.8, 4) is 0 Å². The minimum atomic E-state index is -0.726. The summed E-state index contributed by atoms with van der Waals surface area (Å²) in [6.07, 6.45) is 2.89. The molecular weight excluding hydrogens is 238 g/mol. The number of nitrogens with one attached hydrogen (secondary N) is 1. The number of hydrogen-bond donors (Lipinski definition) is 2. The molecular formula is C12H21NO3S. The molecule has 0 spiro atoms. The van der Waals surface area contributed by atoms with E-state index in [1.807, 2.05) is 11.8 Å². The molecule has 1 aliphatic heterocycles. The molecule has 98 valence electrons. The zero-order chi connectivity index (χ0) is 12.8. The molecule has 0 aromatic carbocycles. The Hall–Kier alpha value is -0.710. The molecule has 1 rings (SSSR count). The molecule has 0 aromatic heterocycles. The lowest BCUT2D eigenvalue weighted by atomic mass is 9.97. The van der Waals surface area contributed by atoms with Gasteiger partial charge in [-0.2, -0.15) is 11.8 Å². The molecule has 0 aliphatic carbocycles. The average molecular weight is 259 g/mol. The summed E-state index contributed by atoms with van der Waals surface area (Å²) in [4.78, 5) is 21.5. The van der Waals surface area contributed by atoms with Gasteiger partial charge in [-0.25, -0.2) is 0 Å². The molecule has 1 saturated heterocycles. The first-order valence-corrected chi connectivity index (χ1v) is 7.16. The Morgan fingerprint density at radius 1 is 1.41 bits per heavy atom. The molecule has 1 fully saturated rings. The third kappa shape index (κ3) is 4.98. The SMILES string of the molecule is CC(=O)N[C@@H]1[C@H](CCCCC(=O)O)SC[C@@H]1C. The van der Waals surface area contributed by atoms with Crippen LogP contribution < -0.4 is 5.32 Å². The van der Waals surface area contributed by atoms with Crippen molar-refractivity contribution in [2.45, 2.75) is 50.8 Å². The fourth-order valence-corrected chi connectivity index (χ4v) is 3.84. The first-order chi connectivity index (χ1) is 8.00. The number of aliphatic carboxylic acids is 1. The van der Waals surface area contributed by atoms with Gasteiger partial charge < -0.3 is 10.4 Å². The fourth-order valence-electron chi connectivity index (χ4n) is 2.20. The maximum atomic E-state index is 11.1. The highest BCUT2D eigenvalue weighted by Crippen LogP contribution is 2.34. The maximum Gasteiger partial charge on any atom is 0.303 e. The molecule has 1 amide bonds. The Labute approximate surface area is 107 Å². The molecule has 0 unspecified atom stereocenters. The number of carbonyl (C=O) groups is 2. The van der Waals surface area contributed by atoms with Crippen molar-refractivity contribution in [2.24, 2.45) is 5.92 Å². The Bertz CT molecular complexity index is 283. The number of carboxylic acid groups (broad SMARTS) is 1. The largest absolute Gasteiger partial charge is 0.481 e. The summed E-state index contributed by atoms with van der Waals surface area (Å²) in [6, 6.07) is 0.252. The Morgan fingerprint density at radius 2 is 2.12 bits per heavy atom. The summed E-state index contributed by atoms with van der Waals surface area (Å²) >= 11 is 1.90.